The molecule has 0 bridgehead atoms. The van der Waals surface area contributed by atoms with E-state index >= 15 is 0 Å². The van der Waals surface area contributed by atoms with E-state index in [9.17, 15) is 0 Å². The number of rotatable bonds is 4. The molecule has 0 saturated heterocycles. The van der Waals surface area contributed by atoms with Gasteiger partial charge in [-0.05, 0) is 29.7 Å². The summed E-state index contributed by atoms with van der Waals surface area (Å²) < 4.78 is 5.33. The molecule has 15 heavy (non-hydrogen) atoms. The minimum Gasteiger partial charge on any atom is -0.496 e. The maximum Gasteiger partial charge on any atom is 0.122 e. The first kappa shape index (κ1) is 11.9. The molecule has 3 nitrogen and oxygen atoms in total. The van der Waals surface area contributed by atoms with Crippen LogP contribution in [0.2, 0.25) is 0 Å². The highest BCUT2D eigenvalue weighted by Gasteiger charge is 2.09. The zero-order valence-electron chi connectivity index (χ0n) is 9.95. The Morgan fingerprint density at radius 2 is 2.07 bits per heavy atom. The molecular formula is C12H20N2O. The van der Waals surface area contributed by atoms with Gasteiger partial charge >= 0.3 is 0 Å². The summed E-state index contributed by atoms with van der Waals surface area (Å²) in [4.78, 5) is 2.01. The summed E-state index contributed by atoms with van der Waals surface area (Å²) in [7, 11) is 3.68. The lowest BCUT2D eigenvalue weighted by molar-refractivity contribution is 0.407. The van der Waals surface area contributed by atoms with Gasteiger partial charge in [-0.1, -0.05) is 13.8 Å². The van der Waals surface area contributed by atoms with Crippen molar-refractivity contribution in [3.8, 4) is 5.75 Å². The quantitative estimate of drug-likeness (QED) is 0.771. The van der Waals surface area contributed by atoms with Crippen LogP contribution in [0, 0.1) is 0 Å². The minimum atomic E-state index is 0.450. The van der Waals surface area contributed by atoms with Crippen LogP contribution in [0.4, 0.5) is 5.69 Å². The van der Waals surface area contributed by atoms with Crippen LogP contribution < -0.4 is 15.4 Å². The van der Waals surface area contributed by atoms with Crippen LogP contribution in [0.25, 0.3) is 0 Å². The maximum atomic E-state index is 5.60. The van der Waals surface area contributed by atoms with Crippen LogP contribution in [0.3, 0.4) is 0 Å². The lowest BCUT2D eigenvalue weighted by Crippen LogP contribution is -2.25. The van der Waals surface area contributed by atoms with E-state index in [1.807, 2.05) is 24.1 Å². The van der Waals surface area contributed by atoms with Gasteiger partial charge in [0.05, 0.1) is 13.8 Å². The van der Waals surface area contributed by atoms with Crippen LogP contribution >= 0.6 is 0 Å². The Hall–Kier alpha value is -1.22. The van der Waals surface area contributed by atoms with Gasteiger partial charge in [0.1, 0.15) is 5.75 Å². The molecule has 0 unspecified atom stereocenters. The van der Waals surface area contributed by atoms with Gasteiger partial charge in [-0.3, -0.25) is 0 Å². The standard InChI is InChI=1S/C12H20N2O/c1-9(2)11-7-10(14(3)8-13)5-6-12(11)15-4/h5-7,9H,8,13H2,1-4H3. The van der Waals surface area contributed by atoms with Crippen LogP contribution in [0.5, 0.6) is 5.75 Å². The molecular weight excluding hydrogens is 188 g/mol. The van der Waals surface area contributed by atoms with Crippen molar-refractivity contribution in [3.05, 3.63) is 23.8 Å². The van der Waals surface area contributed by atoms with Gasteiger partial charge in [-0.25, -0.2) is 0 Å². The largest absolute Gasteiger partial charge is 0.496 e. The summed E-state index contributed by atoms with van der Waals surface area (Å²) in [5.41, 5.74) is 7.94. The molecule has 1 aromatic rings. The van der Waals surface area contributed by atoms with Crippen molar-refractivity contribution < 1.29 is 4.74 Å². The van der Waals surface area contributed by atoms with Gasteiger partial charge in [0, 0.05) is 12.7 Å². The molecule has 0 aliphatic rings. The fraction of sp³-hybridized carbons (Fsp3) is 0.500. The Morgan fingerprint density at radius 3 is 2.53 bits per heavy atom. The first-order valence-corrected chi connectivity index (χ1v) is 5.19. The molecule has 2 N–H and O–H groups in total. The topological polar surface area (TPSA) is 38.5 Å². The van der Waals surface area contributed by atoms with Crippen molar-refractivity contribution in [2.24, 2.45) is 5.73 Å². The number of methoxy groups -OCH3 is 1. The van der Waals surface area contributed by atoms with Gasteiger partial charge in [-0.2, -0.15) is 0 Å². The summed E-state index contributed by atoms with van der Waals surface area (Å²) >= 11 is 0. The highest BCUT2D eigenvalue weighted by molar-refractivity contribution is 5.53. The Balaban J connectivity index is 3.10. The van der Waals surface area contributed by atoms with Crippen molar-refractivity contribution in [2.75, 3.05) is 25.7 Å². The first-order chi connectivity index (χ1) is 7.10. The third-order valence-corrected chi connectivity index (χ3v) is 2.55. The Morgan fingerprint density at radius 1 is 1.40 bits per heavy atom. The molecule has 3 heteroatoms. The first-order valence-electron chi connectivity index (χ1n) is 5.19. The van der Waals surface area contributed by atoms with E-state index in [1.165, 1.54) is 5.56 Å². The number of nitrogens with zero attached hydrogens (tertiary/aromatic N) is 1. The number of nitrogens with two attached hydrogens (primary N) is 1. The van der Waals surface area contributed by atoms with E-state index in [4.69, 9.17) is 10.5 Å². The number of hydrogen-bond donors (Lipinski definition) is 1. The summed E-state index contributed by atoms with van der Waals surface area (Å²) in [5, 5.41) is 0. The predicted octanol–water partition coefficient (Wildman–Crippen LogP) is 2.17. The molecule has 0 aromatic heterocycles. The second-order valence-corrected chi connectivity index (χ2v) is 3.96. The van der Waals surface area contributed by atoms with E-state index in [2.05, 4.69) is 19.9 Å². The highest BCUT2D eigenvalue weighted by Crippen LogP contribution is 2.30. The molecule has 1 aromatic carbocycles. The molecule has 84 valence electrons. The zero-order chi connectivity index (χ0) is 11.4. The number of benzene rings is 1. The number of hydrogen-bond acceptors (Lipinski definition) is 3. The molecule has 0 saturated carbocycles. The van der Waals surface area contributed by atoms with E-state index in [-0.39, 0.29) is 0 Å². The van der Waals surface area contributed by atoms with Crippen LogP contribution in [-0.2, 0) is 0 Å². The SMILES string of the molecule is COc1ccc(N(C)CN)cc1C(C)C. The number of anilines is 1. The fourth-order valence-corrected chi connectivity index (χ4v) is 1.52. The second-order valence-electron chi connectivity index (χ2n) is 3.96. The second kappa shape index (κ2) is 5.03. The van der Waals surface area contributed by atoms with E-state index < -0.39 is 0 Å². The molecule has 0 radical (unpaired) electrons. The normalized spacial score (nSPS) is 10.5. The van der Waals surface area contributed by atoms with Crippen molar-refractivity contribution in [3.63, 3.8) is 0 Å². The van der Waals surface area contributed by atoms with Gasteiger partial charge in [-0.15, -0.1) is 0 Å². The van der Waals surface area contributed by atoms with Gasteiger partial charge in [0.2, 0.25) is 0 Å². The minimum absolute atomic E-state index is 0.450. The summed E-state index contributed by atoms with van der Waals surface area (Å²) in [6.45, 7) is 4.83. The van der Waals surface area contributed by atoms with E-state index in [0.29, 0.717) is 12.6 Å². The Bertz CT molecular complexity index is 323. The maximum absolute atomic E-state index is 5.60. The summed E-state index contributed by atoms with van der Waals surface area (Å²) in [6, 6.07) is 6.16. The lowest BCUT2D eigenvalue weighted by Gasteiger charge is -2.20. The summed E-state index contributed by atoms with van der Waals surface area (Å²) in [6.07, 6.45) is 0. The third-order valence-electron chi connectivity index (χ3n) is 2.55. The van der Waals surface area contributed by atoms with Crippen molar-refractivity contribution in [1.82, 2.24) is 0 Å². The molecule has 0 aliphatic carbocycles. The summed E-state index contributed by atoms with van der Waals surface area (Å²) in [5.74, 6) is 1.39. The molecule has 0 amide bonds. The monoisotopic (exact) mass is 208 g/mol. The van der Waals surface area contributed by atoms with Crippen molar-refractivity contribution in [2.45, 2.75) is 19.8 Å². The predicted molar refractivity (Wildman–Crippen MR) is 64.5 cm³/mol. The molecule has 0 heterocycles. The van der Waals surface area contributed by atoms with Crippen LogP contribution in [0.1, 0.15) is 25.3 Å². The van der Waals surface area contributed by atoms with Crippen molar-refractivity contribution >= 4 is 5.69 Å². The Labute approximate surface area is 91.8 Å². The van der Waals surface area contributed by atoms with Crippen LogP contribution in [-0.4, -0.2) is 20.8 Å². The van der Waals surface area contributed by atoms with Gasteiger partial charge in [0.25, 0.3) is 0 Å². The number of ether oxygens (including phenoxy) is 1. The molecule has 0 spiro atoms. The molecule has 0 aliphatic heterocycles. The van der Waals surface area contributed by atoms with E-state index in [1.54, 1.807) is 7.11 Å². The van der Waals surface area contributed by atoms with Crippen molar-refractivity contribution in [1.29, 1.82) is 0 Å². The van der Waals surface area contributed by atoms with Gasteiger partial charge < -0.3 is 15.4 Å². The van der Waals surface area contributed by atoms with Crippen LogP contribution in [0.15, 0.2) is 18.2 Å². The van der Waals surface area contributed by atoms with E-state index in [0.717, 1.165) is 11.4 Å². The third kappa shape index (κ3) is 2.63. The molecule has 0 fully saturated rings. The average Bonchev–Trinajstić information content (AvgIpc) is 2.27. The highest BCUT2D eigenvalue weighted by atomic mass is 16.5. The molecule has 1 rings (SSSR count). The fourth-order valence-electron chi connectivity index (χ4n) is 1.52. The smallest absolute Gasteiger partial charge is 0.122 e. The Kier molecular flexibility index (Phi) is 3.97. The van der Waals surface area contributed by atoms with Gasteiger partial charge in [0.15, 0.2) is 0 Å². The zero-order valence-corrected chi connectivity index (χ0v) is 9.95. The average molecular weight is 208 g/mol. The lowest BCUT2D eigenvalue weighted by atomic mass is 10.0. The molecule has 0 atom stereocenters.